The van der Waals surface area contributed by atoms with Crippen molar-refractivity contribution in [2.45, 2.75) is 6.42 Å². The smallest absolute Gasteiger partial charge is 0.0271 e. The van der Waals surface area contributed by atoms with Gasteiger partial charge in [0.2, 0.25) is 0 Å². The summed E-state index contributed by atoms with van der Waals surface area (Å²) in [4.78, 5) is 3.26. The summed E-state index contributed by atoms with van der Waals surface area (Å²) < 4.78 is 0. The van der Waals surface area contributed by atoms with Gasteiger partial charge in [-0.25, -0.2) is 0 Å². The number of fused-ring (bicyclic) bond motifs is 3. The van der Waals surface area contributed by atoms with Gasteiger partial charge < -0.3 is 4.98 Å². The number of nitrogens with one attached hydrogen (secondary N) is 1. The zero-order valence-electron chi connectivity index (χ0n) is 6.67. The molecule has 1 aromatic carbocycles. The van der Waals surface area contributed by atoms with E-state index in [1.54, 1.807) is 0 Å². The first-order valence-electron chi connectivity index (χ1n) is 4.20. The van der Waals surface area contributed by atoms with E-state index in [1.165, 1.54) is 22.4 Å². The molecule has 0 radical (unpaired) electrons. The number of benzene rings is 1. The lowest BCUT2D eigenvalue weighted by Gasteiger charge is -1.95. The number of rotatable bonds is 0. The average Bonchev–Trinajstić information content (AvgIpc) is 2.62. The molecular weight excluding hydrogens is 146 g/mol. The van der Waals surface area contributed by atoms with Crippen LogP contribution in [0.3, 0.4) is 0 Å². The molecule has 1 aliphatic carbocycles. The molecule has 1 aliphatic rings. The van der Waals surface area contributed by atoms with Gasteiger partial charge in [-0.3, -0.25) is 0 Å². The Bertz CT molecular complexity index is 426. The molecule has 0 spiro atoms. The molecule has 1 N–H and O–H groups in total. The monoisotopic (exact) mass is 155 g/mol. The fraction of sp³-hybridized carbons (Fsp3) is 0.0909. The molecule has 0 atom stereocenters. The number of aromatic nitrogens is 1. The number of hydrogen-bond acceptors (Lipinski definition) is 0. The van der Waals surface area contributed by atoms with E-state index in [1.807, 2.05) is 6.20 Å². The van der Waals surface area contributed by atoms with Crippen LogP contribution in [0.1, 0.15) is 11.3 Å². The third-order valence-electron chi connectivity index (χ3n) is 2.51. The molecule has 12 heavy (non-hydrogen) atoms. The Labute approximate surface area is 71.1 Å². The highest BCUT2D eigenvalue weighted by Gasteiger charge is 2.17. The van der Waals surface area contributed by atoms with Gasteiger partial charge >= 0.3 is 0 Å². The largest absolute Gasteiger partial charge is 0.364 e. The summed E-state index contributed by atoms with van der Waals surface area (Å²) in [5.41, 5.74) is 5.58. The summed E-state index contributed by atoms with van der Waals surface area (Å²) in [5.74, 6) is 0. The summed E-state index contributed by atoms with van der Waals surface area (Å²) in [7, 11) is 0. The van der Waals surface area contributed by atoms with Crippen molar-refractivity contribution in [1.29, 1.82) is 0 Å². The molecule has 1 heterocycles. The molecule has 0 saturated heterocycles. The van der Waals surface area contributed by atoms with Crippen molar-refractivity contribution < 1.29 is 0 Å². The highest BCUT2D eigenvalue weighted by atomic mass is 14.7. The standard InChI is InChI=1S/C11H9N/c1-2-4-9-8(3-1)7-11-10(9)5-6-12-11/h1-6,12H,7H2. The molecule has 0 bridgehead atoms. The molecule has 0 aliphatic heterocycles. The lowest BCUT2D eigenvalue weighted by Crippen LogP contribution is -1.79. The Morgan fingerprint density at radius 3 is 2.92 bits per heavy atom. The van der Waals surface area contributed by atoms with E-state index in [2.05, 4.69) is 35.3 Å². The van der Waals surface area contributed by atoms with Crippen LogP contribution < -0.4 is 0 Å². The van der Waals surface area contributed by atoms with E-state index in [-0.39, 0.29) is 0 Å². The van der Waals surface area contributed by atoms with Gasteiger partial charge in [0.25, 0.3) is 0 Å². The van der Waals surface area contributed by atoms with E-state index in [9.17, 15) is 0 Å². The zero-order chi connectivity index (χ0) is 7.97. The van der Waals surface area contributed by atoms with Gasteiger partial charge in [-0.1, -0.05) is 24.3 Å². The van der Waals surface area contributed by atoms with Crippen LogP contribution in [-0.4, -0.2) is 4.98 Å². The van der Waals surface area contributed by atoms with Crippen molar-refractivity contribution in [3.63, 3.8) is 0 Å². The second-order valence-corrected chi connectivity index (χ2v) is 3.20. The second-order valence-electron chi connectivity index (χ2n) is 3.20. The molecular formula is C11H9N. The third-order valence-corrected chi connectivity index (χ3v) is 2.51. The summed E-state index contributed by atoms with van der Waals surface area (Å²) >= 11 is 0. The minimum atomic E-state index is 1.07. The molecule has 1 nitrogen and oxygen atoms in total. The van der Waals surface area contributed by atoms with Crippen molar-refractivity contribution in [2.24, 2.45) is 0 Å². The number of H-pyrrole nitrogens is 1. The van der Waals surface area contributed by atoms with Gasteiger partial charge in [0.15, 0.2) is 0 Å². The SMILES string of the molecule is c1ccc2c(c1)Cc1[nH]ccc1-2. The van der Waals surface area contributed by atoms with Crippen LogP contribution in [0.2, 0.25) is 0 Å². The molecule has 3 rings (SSSR count). The van der Waals surface area contributed by atoms with Crippen LogP contribution in [0.5, 0.6) is 0 Å². The van der Waals surface area contributed by atoms with Crippen molar-refractivity contribution in [3.05, 3.63) is 47.8 Å². The fourth-order valence-corrected chi connectivity index (χ4v) is 1.93. The Balaban J connectivity index is 2.34. The Hall–Kier alpha value is -1.50. The van der Waals surface area contributed by atoms with Gasteiger partial charge in [-0.15, -0.1) is 0 Å². The van der Waals surface area contributed by atoms with E-state index in [0.717, 1.165) is 6.42 Å². The van der Waals surface area contributed by atoms with Crippen LogP contribution in [0.15, 0.2) is 36.5 Å². The zero-order valence-corrected chi connectivity index (χ0v) is 6.67. The minimum Gasteiger partial charge on any atom is -0.364 e. The summed E-state index contributed by atoms with van der Waals surface area (Å²) in [6.45, 7) is 0. The van der Waals surface area contributed by atoms with Crippen molar-refractivity contribution in [2.75, 3.05) is 0 Å². The molecule has 2 aromatic rings. The predicted octanol–water partition coefficient (Wildman–Crippen LogP) is 2.59. The lowest BCUT2D eigenvalue weighted by molar-refractivity contribution is 1.15. The first-order chi connectivity index (χ1) is 5.95. The highest BCUT2D eigenvalue weighted by molar-refractivity contribution is 5.75. The Morgan fingerprint density at radius 2 is 1.92 bits per heavy atom. The fourth-order valence-electron chi connectivity index (χ4n) is 1.93. The van der Waals surface area contributed by atoms with Crippen LogP contribution in [-0.2, 0) is 6.42 Å². The normalized spacial score (nSPS) is 12.7. The van der Waals surface area contributed by atoms with E-state index >= 15 is 0 Å². The number of aromatic amines is 1. The molecule has 58 valence electrons. The average molecular weight is 155 g/mol. The maximum atomic E-state index is 3.26. The van der Waals surface area contributed by atoms with Gasteiger partial charge in [0, 0.05) is 23.9 Å². The van der Waals surface area contributed by atoms with Crippen molar-refractivity contribution >= 4 is 0 Å². The summed E-state index contributed by atoms with van der Waals surface area (Å²) in [6.07, 6.45) is 3.08. The van der Waals surface area contributed by atoms with Crippen LogP contribution >= 0.6 is 0 Å². The Morgan fingerprint density at radius 1 is 1.00 bits per heavy atom. The highest BCUT2D eigenvalue weighted by Crippen LogP contribution is 2.35. The maximum Gasteiger partial charge on any atom is 0.0271 e. The molecule has 1 heteroatoms. The topological polar surface area (TPSA) is 15.8 Å². The quantitative estimate of drug-likeness (QED) is 0.513. The maximum absolute atomic E-state index is 3.26. The van der Waals surface area contributed by atoms with Crippen LogP contribution in [0, 0.1) is 0 Å². The molecule has 0 unspecified atom stereocenters. The van der Waals surface area contributed by atoms with E-state index < -0.39 is 0 Å². The minimum absolute atomic E-state index is 1.07. The summed E-state index contributed by atoms with van der Waals surface area (Å²) in [6, 6.07) is 10.7. The van der Waals surface area contributed by atoms with Crippen LogP contribution in [0.25, 0.3) is 11.1 Å². The first-order valence-corrected chi connectivity index (χ1v) is 4.20. The third kappa shape index (κ3) is 0.632. The van der Waals surface area contributed by atoms with Crippen molar-refractivity contribution in [3.8, 4) is 11.1 Å². The van der Waals surface area contributed by atoms with Gasteiger partial charge in [-0.05, 0) is 17.2 Å². The lowest BCUT2D eigenvalue weighted by atomic mass is 10.1. The first kappa shape index (κ1) is 6.06. The molecule has 0 amide bonds. The van der Waals surface area contributed by atoms with Gasteiger partial charge in [0.05, 0.1) is 0 Å². The predicted molar refractivity (Wildman–Crippen MR) is 49.0 cm³/mol. The molecule has 1 aromatic heterocycles. The molecule has 0 fully saturated rings. The second kappa shape index (κ2) is 2.01. The number of hydrogen-bond donors (Lipinski definition) is 1. The Kier molecular flexibility index (Phi) is 1.01. The molecule has 0 saturated carbocycles. The van der Waals surface area contributed by atoms with Crippen LogP contribution in [0.4, 0.5) is 0 Å². The summed E-state index contributed by atoms with van der Waals surface area (Å²) in [5, 5.41) is 0. The van der Waals surface area contributed by atoms with Crippen molar-refractivity contribution in [1.82, 2.24) is 4.98 Å². The van der Waals surface area contributed by atoms with Gasteiger partial charge in [-0.2, -0.15) is 0 Å². The van der Waals surface area contributed by atoms with Gasteiger partial charge in [0.1, 0.15) is 0 Å². The van der Waals surface area contributed by atoms with E-state index in [0.29, 0.717) is 0 Å². The van der Waals surface area contributed by atoms with E-state index in [4.69, 9.17) is 0 Å².